The molecule has 34 heavy (non-hydrogen) atoms. The molecule has 2 aromatic rings. The molecule has 1 aromatic heterocycles. The van der Waals surface area contributed by atoms with E-state index in [0.717, 1.165) is 44.3 Å². The Morgan fingerprint density at radius 3 is 2.50 bits per heavy atom. The number of rotatable bonds is 6. The second kappa shape index (κ2) is 9.93. The predicted molar refractivity (Wildman–Crippen MR) is 132 cm³/mol. The first-order chi connectivity index (χ1) is 16.5. The Bertz CT molecular complexity index is 1070. The third-order valence-electron chi connectivity index (χ3n) is 6.44. The summed E-state index contributed by atoms with van der Waals surface area (Å²) in [6, 6.07) is 6.79. The molecular formula is C23H27N5O4S2. The topological polar surface area (TPSA) is 124 Å². The van der Waals surface area contributed by atoms with Gasteiger partial charge in [0.15, 0.2) is 5.13 Å². The van der Waals surface area contributed by atoms with Crippen molar-refractivity contribution in [3.63, 3.8) is 0 Å². The normalized spacial score (nSPS) is 23.0. The van der Waals surface area contributed by atoms with E-state index >= 15 is 0 Å². The number of piperidine rings is 1. The van der Waals surface area contributed by atoms with Gasteiger partial charge < -0.3 is 21.1 Å². The van der Waals surface area contributed by atoms with Crippen molar-refractivity contribution in [1.29, 1.82) is 0 Å². The molecule has 3 heterocycles. The molecule has 9 nitrogen and oxygen atoms in total. The van der Waals surface area contributed by atoms with Gasteiger partial charge in [0.05, 0.1) is 11.1 Å². The number of nitrogens with zero attached hydrogens (tertiary/aromatic N) is 2. The van der Waals surface area contributed by atoms with Crippen molar-refractivity contribution < 1.29 is 19.5 Å². The number of carbonyl (C=O) groups excluding carboxylic acids is 2. The van der Waals surface area contributed by atoms with Crippen LogP contribution in [0, 0.1) is 5.92 Å². The van der Waals surface area contributed by atoms with Crippen LogP contribution < -0.4 is 16.0 Å². The van der Waals surface area contributed by atoms with E-state index in [1.165, 1.54) is 16.2 Å². The maximum Gasteiger partial charge on any atom is 0.408 e. The van der Waals surface area contributed by atoms with Gasteiger partial charge in [-0.05, 0) is 56.8 Å². The number of benzene rings is 1. The number of thiazole rings is 1. The molecule has 1 aromatic carbocycles. The average Bonchev–Trinajstić information content (AvgIpc) is 3.35. The zero-order chi connectivity index (χ0) is 23.7. The number of carbonyl (C=O) groups is 3. The van der Waals surface area contributed by atoms with Gasteiger partial charge >= 0.3 is 6.09 Å². The minimum absolute atomic E-state index is 0.0690. The summed E-state index contributed by atoms with van der Waals surface area (Å²) in [6.07, 6.45) is 2.85. The maximum atomic E-state index is 13.0. The van der Waals surface area contributed by atoms with E-state index in [4.69, 9.17) is 0 Å². The summed E-state index contributed by atoms with van der Waals surface area (Å²) in [5.41, 5.74) is 2.14. The van der Waals surface area contributed by atoms with Crippen molar-refractivity contribution in [2.75, 3.05) is 24.2 Å². The summed E-state index contributed by atoms with van der Waals surface area (Å²) in [6.45, 7) is 1.75. The number of aromatic nitrogens is 1. The molecule has 2 atom stereocenters. The molecule has 3 aliphatic rings. The summed E-state index contributed by atoms with van der Waals surface area (Å²) in [5, 5.41) is 21.0. The first-order valence-electron chi connectivity index (χ1n) is 11.5. The number of hydrogen-bond donors (Lipinski definition) is 4. The molecule has 1 aliphatic carbocycles. The van der Waals surface area contributed by atoms with Gasteiger partial charge in [0.2, 0.25) is 5.91 Å². The first kappa shape index (κ1) is 23.1. The monoisotopic (exact) mass is 501 g/mol. The third kappa shape index (κ3) is 5.06. The van der Waals surface area contributed by atoms with Gasteiger partial charge in [0.25, 0.3) is 5.91 Å². The van der Waals surface area contributed by atoms with Crippen molar-refractivity contribution in [1.82, 2.24) is 20.5 Å². The van der Waals surface area contributed by atoms with Gasteiger partial charge in [-0.3, -0.25) is 14.5 Å². The second-order valence-corrected chi connectivity index (χ2v) is 10.9. The van der Waals surface area contributed by atoms with E-state index in [1.807, 2.05) is 17.5 Å². The zero-order valence-electron chi connectivity index (χ0n) is 18.5. The molecule has 0 bridgehead atoms. The minimum atomic E-state index is -1.06. The molecule has 3 amide bonds. The molecule has 4 N–H and O–H groups in total. The first-order valence-corrected chi connectivity index (χ1v) is 13.4. The standard InChI is InChI=1S/C23H27N5O4S2/c29-19(25-16-5-6-16)14-3-1-13(2-4-14)17-11-34-22(26-17)27-20(30)18-12-33-21(28(18)23(31)32)15-7-9-24-10-8-15/h1-4,11,15-16,18,21,24H,5-10,12H2,(H,25,29)(H,31,32)(H,26,27,30). The van der Waals surface area contributed by atoms with Crippen molar-refractivity contribution in [3.05, 3.63) is 35.2 Å². The van der Waals surface area contributed by atoms with E-state index in [2.05, 4.69) is 20.9 Å². The van der Waals surface area contributed by atoms with Gasteiger partial charge in [-0.15, -0.1) is 23.1 Å². The molecule has 2 unspecified atom stereocenters. The number of thioether (sulfide) groups is 1. The summed E-state index contributed by atoms with van der Waals surface area (Å²) in [7, 11) is 0. The van der Waals surface area contributed by atoms with E-state index in [-0.39, 0.29) is 23.1 Å². The van der Waals surface area contributed by atoms with E-state index in [9.17, 15) is 19.5 Å². The number of hydrogen-bond acceptors (Lipinski definition) is 7. The van der Waals surface area contributed by atoms with Crippen molar-refractivity contribution in [2.45, 2.75) is 43.1 Å². The molecule has 3 fully saturated rings. The van der Waals surface area contributed by atoms with Crippen LogP contribution in [0.2, 0.25) is 0 Å². The van der Waals surface area contributed by atoms with Crippen LogP contribution in [0.5, 0.6) is 0 Å². The van der Waals surface area contributed by atoms with Gasteiger partial charge in [0.1, 0.15) is 6.04 Å². The maximum absolute atomic E-state index is 13.0. The Kier molecular flexibility index (Phi) is 6.75. The van der Waals surface area contributed by atoms with Crippen LogP contribution in [-0.2, 0) is 4.79 Å². The van der Waals surface area contributed by atoms with E-state index < -0.39 is 12.1 Å². The number of amides is 3. The lowest BCUT2D eigenvalue weighted by Gasteiger charge is -2.33. The predicted octanol–water partition coefficient (Wildman–Crippen LogP) is 3.06. The van der Waals surface area contributed by atoms with Crippen LogP contribution in [-0.4, -0.2) is 69.2 Å². The van der Waals surface area contributed by atoms with Gasteiger partial charge in [-0.2, -0.15) is 0 Å². The largest absolute Gasteiger partial charge is 0.465 e. The summed E-state index contributed by atoms with van der Waals surface area (Å²) >= 11 is 2.85. The van der Waals surface area contributed by atoms with Crippen LogP contribution in [0.15, 0.2) is 29.6 Å². The fraction of sp³-hybridized carbons (Fsp3) is 0.478. The highest BCUT2D eigenvalue weighted by molar-refractivity contribution is 8.00. The smallest absolute Gasteiger partial charge is 0.408 e. The Balaban J connectivity index is 1.22. The number of anilines is 1. The van der Waals surface area contributed by atoms with Gasteiger partial charge in [-0.1, -0.05) is 12.1 Å². The molecule has 2 saturated heterocycles. The average molecular weight is 502 g/mol. The van der Waals surface area contributed by atoms with Crippen LogP contribution in [0.1, 0.15) is 36.0 Å². The summed E-state index contributed by atoms with van der Waals surface area (Å²) < 4.78 is 0. The Hall–Kier alpha value is -2.63. The third-order valence-corrected chi connectivity index (χ3v) is 8.65. The van der Waals surface area contributed by atoms with Crippen molar-refractivity contribution >= 4 is 46.1 Å². The quantitative estimate of drug-likeness (QED) is 0.480. The van der Waals surface area contributed by atoms with Crippen molar-refractivity contribution in [3.8, 4) is 11.3 Å². The SMILES string of the molecule is O=C(NC1CC1)c1ccc(-c2csc(NC(=O)C3CSC(C4CCNCC4)N3C(=O)O)n2)cc1. The molecule has 1 saturated carbocycles. The second-order valence-electron chi connectivity index (χ2n) is 8.87. The lowest BCUT2D eigenvalue weighted by Crippen LogP contribution is -2.50. The highest BCUT2D eigenvalue weighted by atomic mass is 32.2. The summed E-state index contributed by atoms with van der Waals surface area (Å²) in [5.74, 6) is 0.274. The number of carboxylic acid groups (broad SMARTS) is 1. The molecule has 180 valence electrons. The Labute approximate surface area is 205 Å². The van der Waals surface area contributed by atoms with Crippen LogP contribution in [0.25, 0.3) is 11.3 Å². The van der Waals surface area contributed by atoms with Crippen LogP contribution >= 0.6 is 23.1 Å². The summed E-state index contributed by atoms with van der Waals surface area (Å²) in [4.78, 5) is 43.0. The molecule has 0 radical (unpaired) electrons. The van der Waals surface area contributed by atoms with Crippen molar-refractivity contribution in [2.24, 2.45) is 5.92 Å². The van der Waals surface area contributed by atoms with E-state index in [0.29, 0.717) is 28.2 Å². The lowest BCUT2D eigenvalue weighted by atomic mass is 9.97. The van der Waals surface area contributed by atoms with Crippen LogP contribution in [0.3, 0.4) is 0 Å². The van der Waals surface area contributed by atoms with Crippen LogP contribution in [0.4, 0.5) is 9.93 Å². The van der Waals surface area contributed by atoms with Gasteiger partial charge in [-0.25, -0.2) is 9.78 Å². The zero-order valence-corrected chi connectivity index (χ0v) is 20.2. The molecule has 11 heteroatoms. The molecule has 5 rings (SSSR count). The minimum Gasteiger partial charge on any atom is -0.465 e. The Morgan fingerprint density at radius 1 is 1.09 bits per heavy atom. The Morgan fingerprint density at radius 2 is 1.82 bits per heavy atom. The fourth-order valence-corrected chi connectivity index (χ4v) is 6.76. The van der Waals surface area contributed by atoms with Gasteiger partial charge in [0, 0.05) is 28.3 Å². The molecule has 2 aliphatic heterocycles. The van der Waals surface area contributed by atoms with E-state index in [1.54, 1.807) is 23.9 Å². The number of nitrogens with one attached hydrogen (secondary N) is 3. The molecular weight excluding hydrogens is 474 g/mol. The highest BCUT2D eigenvalue weighted by Gasteiger charge is 2.45. The lowest BCUT2D eigenvalue weighted by molar-refractivity contribution is -0.120. The highest BCUT2D eigenvalue weighted by Crippen LogP contribution is 2.38. The fourth-order valence-electron chi connectivity index (χ4n) is 4.41. The molecule has 0 spiro atoms.